The van der Waals surface area contributed by atoms with Gasteiger partial charge in [-0.1, -0.05) is 222 Å². The maximum Gasteiger partial charge on any atom is 0.472 e. The van der Waals surface area contributed by atoms with E-state index in [0.717, 1.165) is 103 Å². The predicted octanol–water partition coefficient (Wildman–Crippen LogP) is 18.2. The number of amides is 1. The summed E-state index contributed by atoms with van der Waals surface area (Å²) in [5.74, 6) is -0.549. The van der Waals surface area contributed by atoms with Crippen molar-refractivity contribution < 1.29 is 37.3 Å². The monoisotopic (exact) mass is 1040 g/mol. The summed E-state index contributed by atoms with van der Waals surface area (Å²) in [6, 6.07) is -0.867. The summed E-state index contributed by atoms with van der Waals surface area (Å²) in [5, 5.41) is 3.04. The van der Waals surface area contributed by atoms with E-state index in [2.05, 4.69) is 99.0 Å². The van der Waals surface area contributed by atoms with Gasteiger partial charge in [0.25, 0.3) is 0 Å². The van der Waals surface area contributed by atoms with E-state index >= 15 is 0 Å². The Morgan fingerprint density at radius 1 is 0.493 bits per heavy atom. The second-order valence-corrected chi connectivity index (χ2v) is 22.6. The molecular weight excluding hydrogens is 928 g/mol. The smallest absolute Gasteiger partial charge is 0.456 e. The van der Waals surface area contributed by atoms with Crippen LogP contribution in [0.1, 0.15) is 252 Å². The second-order valence-electron chi connectivity index (χ2n) is 21.1. The van der Waals surface area contributed by atoms with Gasteiger partial charge >= 0.3 is 13.8 Å². The molecule has 3 unspecified atom stereocenters. The molecule has 0 aliphatic heterocycles. The van der Waals surface area contributed by atoms with Crippen LogP contribution in [0.4, 0.5) is 0 Å². The Hall–Kier alpha value is -2.81. The summed E-state index contributed by atoms with van der Waals surface area (Å²) in [6.45, 7) is 6.86. The SMILES string of the molecule is CC/C=C\C/C=C\C/C=C\C/C=C\C/C=C\CCCCCC(=O)OC(/C=C/CCCCCCCCCCCCC)C(COP(=O)(O)OCC[N+](C)(C)C)NC(=O)CCCCCCCCC/C=C\CCCCCC. The van der Waals surface area contributed by atoms with E-state index in [-0.39, 0.29) is 31.5 Å². The minimum atomic E-state index is -4.46. The molecule has 3 atom stereocenters. The number of ether oxygens (including phenoxy) is 1. The van der Waals surface area contributed by atoms with Crippen LogP contribution in [0.15, 0.2) is 85.1 Å². The molecule has 0 rings (SSSR count). The topological polar surface area (TPSA) is 111 Å². The van der Waals surface area contributed by atoms with E-state index in [1.54, 1.807) is 0 Å². The molecule has 2 N–H and O–H groups in total. The normalized spacial score (nSPS) is 14.3. The molecule has 73 heavy (non-hydrogen) atoms. The number of nitrogens with zero attached hydrogens (tertiary/aromatic N) is 1. The summed E-state index contributed by atoms with van der Waals surface area (Å²) in [7, 11) is 1.47. The highest BCUT2D eigenvalue weighted by Gasteiger charge is 2.30. The lowest BCUT2D eigenvalue weighted by Crippen LogP contribution is -2.47. The molecule has 0 saturated heterocycles. The first-order valence-electron chi connectivity index (χ1n) is 29.9. The van der Waals surface area contributed by atoms with Crippen molar-refractivity contribution in [2.45, 2.75) is 264 Å². The van der Waals surface area contributed by atoms with Crippen LogP contribution in [0.3, 0.4) is 0 Å². The lowest BCUT2D eigenvalue weighted by Gasteiger charge is -2.27. The number of esters is 1. The first kappa shape index (κ1) is 70.2. The van der Waals surface area contributed by atoms with Gasteiger partial charge in [0.05, 0.1) is 33.8 Å². The lowest BCUT2D eigenvalue weighted by atomic mass is 10.0. The number of allylic oxidation sites excluding steroid dienone is 13. The van der Waals surface area contributed by atoms with Crippen molar-refractivity contribution in [3.63, 3.8) is 0 Å². The minimum absolute atomic E-state index is 0.0307. The van der Waals surface area contributed by atoms with E-state index in [0.29, 0.717) is 23.9 Å². The van der Waals surface area contributed by atoms with Crippen LogP contribution in [0.2, 0.25) is 0 Å². The van der Waals surface area contributed by atoms with Crippen molar-refractivity contribution in [1.82, 2.24) is 5.32 Å². The van der Waals surface area contributed by atoms with Crippen LogP contribution in [-0.2, 0) is 27.9 Å². The summed E-state index contributed by atoms with van der Waals surface area (Å²) >= 11 is 0. The fraction of sp³-hybridized carbons (Fsp3) is 0.746. The number of quaternary nitrogens is 1. The third-order valence-corrected chi connectivity index (χ3v) is 13.8. The molecule has 0 aliphatic carbocycles. The Morgan fingerprint density at radius 2 is 0.877 bits per heavy atom. The summed E-state index contributed by atoms with van der Waals surface area (Å²) in [4.78, 5) is 37.6. The van der Waals surface area contributed by atoms with Gasteiger partial charge in [0.15, 0.2) is 0 Å². The number of hydrogen-bond donors (Lipinski definition) is 2. The van der Waals surface area contributed by atoms with Crippen molar-refractivity contribution in [3.8, 4) is 0 Å². The standard InChI is InChI=1S/C63H113N2O7P/c1-7-10-13-16-19-22-25-28-30-31-32-33-35-38-41-44-47-50-53-56-63(67)72-61(54-51-48-45-42-39-36-27-24-21-18-15-12-9-3)60(59-71-73(68,69)70-58-57-65(4,5)6)64-62(66)55-52-49-46-43-40-37-34-29-26-23-20-17-14-11-8-2/h10,13,19,22-23,26,28,30,32-33,38,41,51,54,60-61H,7-9,11-12,14-18,20-21,24-25,27,29,31,34-37,39-40,42-50,52-53,55-59H2,1-6H3,(H-,64,66,68,69)/p+1/b13-10-,22-19-,26-23-,30-28-,33-32-,41-38-,54-51+. The van der Waals surface area contributed by atoms with Crippen LogP contribution in [0.5, 0.6) is 0 Å². The fourth-order valence-corrected chi connectivity index (χ4v) is 8.93. The number of nitrogens with one attached hydrogen (secondary N) is 1. The molecule has 0 heterocycles. The number of phosphoric ester groups is 1. The molecule has 422 valence electrons. The summed E-state index contributed by atoms with van der Waals surface area (Å²) in [6.07, 6.45) is 68.6. The van der Waals surface area contributed by atoms with Crippen molar-refractivity contribution in [2.24, 2.45) is 0 Å². The van der Waals surface area contributed by atoms with Gasteiger partial charge in [0.2, 0.25) is 5.91 Å². The Morgan fingerprint density at radius 3 is 1.36 bits per heavy atom. The van der Waals surface area contributed by atoms with E-state index < -0.39 is 20.0 Å². The largest absolute Gasteiger partial charge is 0.472 e. The fourth-order valence-electron chi connectivity index (χ4n) is 8.20. The third-order valence-electron chi connectivity index (χ3n) is 12.8. The number of carbonyl (C=O) groups excluding carboxylic acids is 2. The lowest BCUT2D eigenvalue weighted by molar-refractivity contribution is -0.870. The van der Waals surface area contributed by atoms with Gasteiger partial charge in [0.1, 0.15) is 19.3 Å². The molecule has 10 heteroatoms. The molecule has 1 amide bonds. The zero-order valence-electron chi connectivity index (χ0n) is 48.1. The molecule has 0 saturated carbocycles. The first-order chi connectivity index (χ1) is 35.4. The van der Waals surface area contributed by atoms with Crippen LogP contribution in [-0.4, -0.2) is 74.3 Å². The van der Waals surface area contributed by atoms with Gasteiger partial charge in [-0.2, -0.15) is 0 Å². The molecule has 9 nitrogen and oxygen atoms in total. The highest BCUT2D eigenvalue weighted by Crippen LogP contribution is 2.43. The van der Waals surface area contributed by atoms with Crippen LogP contribution < -0.4 is 5.32 Å². The van der Waals surface area contributed by atoms with Crippen LogP contribution in [0.25, 0.3) is 0 Å². The van der Waals surface area contributed by atoms with Gasteiger partial charge in [-0.15, -0.1) is 0 Å². The molecule has 0 fully saturated rings. The van der Waals surface area contributed by atoms with Crippen molar-refractivity contribution in [1.29, 1.82) is 0 Å². The number of rotatable bonds is 53. The van der Waals surface area contributed by atoms with Gasteiger partial charge in [-0.3, -0.25) is 18.6 Å². The van der Waals surface area contributed by atoms with Crippen molar-refractivity contribution in [2.75, 3.05) is 40.9 Å². The van der Waals surface area contributed by atoms with Crippen molar-refractivity contribution in [3.05, 3.63) is 85.1 Å². The zero-order chi connectivity index (χ0) is 53.6. The van der Waals surface area contributed by atoms with Gasteiger partial charge in [-0.05, 0) is 102 Å². The number of phosphoric acid groups is 1. The Bertz CT molecular complexity index is 1530. The van der Waals surface area contributed by atoms with E-state index in [1.165, 1.54) is 109 Å². The van der Waals surface area contributed by atoms with Crippen LogP contribution in [0, 0.1) is 0 Å². The average Bonchev–Trinajstić information content (AvgIpc) is 3.35. The van der Waals surface area contributed by atoms with Gasteiger partial charge < -0.3 is 19.4 Å². The molecule has 0 aromatic heterocycles. The second kappa shape index (κ2) is 52.6. The van der Waals surface area contributed by atoms with Crippen molar-refractivity contribution >= 4 is 19.7 Å². The molecule has 0 spiro atoms. The van der Waals surface area contributed by atoms with E-state index in [9.17, 15) is 19.0 Å². The van der Waals surface area contributed by atoms with Gasteiger partial charge in [-0.25, -0.2) is 4.57 Å². The molecule has 0 aromatic rings. The maximum absolute atomic E-state index is 13.5. The summed E-state index contributed by atoms with van der Waals surface area (Å²) < 4.78 is 30.6. The molecule has 0 bridgehead atoms. The third kappa shape index (κ3) is 53.8. The number of unbranched alkanes of at least 4 members (excludes halogenated alkanes) is 25. The molecule has 0 aliphatic rings. The molecule has 0 radical (unpaired) electrons. The van der Waals surface area contributed by atoms with Crippen LogP contribution >= 0.6 is 7.82 Å². The molecule has 0 aromatic carbocycles. The van der Waals surface area contributed by atoms with E-state index in [4.69, 9.17) is 13.8 Å². The Balaban J connectivity index is 5.40. The highest BCUT2D eigenvalue weighted by atomic mass is 31.2. The number of likely N-dealkylation sites (N-methyl/N-ethyl adjacent to an activating group) is 1. The Labute approximate surface area is 450 Å². The number of carbonyl (C=O) groups is 2. The number of hydrogen-bond acceptors (Lipinski definition) is 6. The first-order valence-corrected chi connectivity index (χ1v) is 31.4. The quantitative estimate of drug-likeness (QED) is 0.0205. The Kier molecular flexibility index (Phi) is 50.6. The van der Waals surface area contributed by atoms with E-state index in [1.807, 2.05) is 33.3 Å². The minimum Gasteiger partial charge on any atom is -0.456 e. The maximum atomic E-state index is 13.5. The highest BCUT2D eigenvalue weighted by molar-refractivity contribution is 7.47. The summed E-state index contributed by atoms with van der Waals surface area (Å²) in [5.41, 5.74) is 0. The zero-order valence-corrected chi connectivity index (χ0v) is 49.0. The van der Waals surface area contributed by atoms with Gasteiger partial charge in [0, 0.05) is 12.8 Å². The average molecular weight is 1040 g/mol. The molecular formula is C63H114N2O7P+. The predicted molar refractivity (Wildman–Crippen MR) is 314 cm³/mol.